The van der Waals surface area contributed by atoms with E-state index in [1.165, 1.54) is 12.1 Å². The Morgan fingerprint density at radius 3 is 2.60 bits per heavy atom. The first-order valence-corrected chi connectivity index (χ1v) is 5.11. The summed E-state index contributed by atoms with van der Waals surface area (Å²) in [6.07, 6.45) is -0.785. The predicted molar refractivity (Wildman–Crippen MR) is 56.5 cm³/mol. The second-order valence-electron chi connectivity index (χ2n) is 3.05. The maximum Gasteiger partial charge on any atom is 0.412 e. The molecule has 15 heavy (non-hydrogen) atoms. The average molecular weight is 229 g/mol. The molecule has 1 aromatic rings. The van der Waals surface area contributed by atoms with Crippen molar-refractivity contribution >= 4 is 28.4 Å². The number of carboxylic acids is 1. The Kier molecular flexibility index (Phi) is 3.68. The van der Waals surface area contributed by atoms with Crippen molar-refractivity contribution in [2.45, 2.75) is 20.0 Å². The molecule has 82 valence electrons. The van der Waals surface area contributed by atoms with Gasteiger partial charge in [-0.2, -0.15) is 0 Å². The van der Waals surface area contributed by atoms with E-state index in [2.05, 4.69) is 5.32 Å². The van der Waals surface area contributed by atoms with E-state index in [4.69, 9.17) is 9.84 Å². The highest BCUT2D eigenvalue weighted by atomic mass is 32.1. The highest BCUT2D eigenvalue weighted by Crippen LogP contribution is 2.21. The Hall–Kier alpha value is -1.56. The first-order chi connectivity index (χ1) is 6.99. The third-order valence-corrected chi connectivity index (χ3v) is 2.37. The molecule has 0 aliphatic rings. The van der Waals surface area contributed by atoms with Gasteiger partial charge >= 0.3 is 12.1 Å². The summed E-state index contributed by atoms with van der Waals surface area (Å²) in [4.78, 5) is 21.8. The summed E-state index contributed by atoms with van der Waals surface area (Å²) in [5, 5.41) is 11.5. The number of amides is 1. The zero-order valence-electron chi connectivity index (χ0n) is 8.31. The molecule has 0 aromatic carbocycles. The number of ether oxygens (including phenoxy) is 1. The number of anilines is 1. The second kappa shape index (κ2) is 4.79. The van der Waals surface area contributed by atoms with Crippen LogP contribution in [0.2, 0.25) is 0 Å². The van der Waals surface area contributed by atoms with Crippen LogP contribution in [0.25, 0.3) is 0 Å². The summed E-state index contributed by atoms with van der Waals surface area (Å²) in [5.41, 5.74) is 0. The zero-order chi connectivity index (χ0) is 11.4. The summed E-state index contributed by atoms with van der Waals surface area (Å²) in [5.74, 6) is -1.01. The molecule has 1 amide bonds. The van der Waals surface area contributed by atoms with E-state index < -0.39 is 12.1 Å². The van der Waals surface area contributed by atoms with Crippen LogP contribution in [0.5, 0.6) is 0 Å². The maximum absolute atomic E-state index is 11.1. The monoisotopic (exact) mass is 229 g/mol. The first kappa shape index (κ1) is 11.5. The molecule has 1 heterocycles. The van der Waals surface area contributed by atoms with Gasteiger partial charge in [-0.1, -0.05) is 0 Å². The van der Waals surface area contributed by atoms with Gasteiger partial charge in [-0.25, -0.2) is 9.59 Å². The lowest BCUT2D eigenvalue weighted by molar-refractivity contribution is 0.0702. The molecule has 0 atom stereocenters. The van der Waals surface area contributed by atoms with E-state index in [0.29, 0.717) is 5.00 Å². The maximum atomic E-state index is 11.1. The smallest absolute Gasteiger partial charge is 0.412 e. The first-order valence-electron chi connectivity index (χ1n) is 4.30. The van der Waals surface area contributed by atoms with Crippen molar-refractivity contribution in [2.24, 2.45) is 0 Å². The molecule has 0 fully saturated rings. The predicted octanol–water partition coefficient (Wildman–Crippen LogP) is 2.40. The Morgan fingerprint density at radius 1 is 1.47 bits per heavy atom. The normalized spacial score (nSPS) is 10.1. The van der Waals surface area contributed by atoms with Crippen LogP contribution < -0.4 is 5.32 Å². The molecule has 0 unspecified atom stereocenters. The fraction of sp³-hybridized carbons (Fsp3) is 0.333. The molecule has 0 radical (unpaired) electrons. The molecular weight excluding hydrogens is 218 g/mol. The minimum absolute atomic E-state index is 0.176. The zero-order valence-corrected chi connectivity index (χ0v) is 9.13. The summed E-state index contributed by atoms with van der Waals surface area (Å²) in [6.45, 7) is 3.47. The second-order valence-corrected chi connectivity index (χ2v) is 4.13. The average Bonchev–Trinajstić information content (AvgIpc) is 2.50. The van der Waals surface area contributed by atoms with Crippen molar-refractivity contribution in [3.63, 3.8) is 0 Å². The van der Waals surface area contributed by atoms with Crippen molar-refractivity contribution in [3.05, 3.63) is 17.0 Å². The molecule has 5 nitrogen and oxygen atoms in total. The van der Waals surface area contributed by atoms with Gasteiger partial charge in [0.15, 0.2) is 0 Å². The van der Waals surface area contributed by atoms with Gasteiger partial charge in [0.05, 0.1) is 11.1 Å². The van der Waals surface area contributed by atoms with E-state index in [-0.39, 0.29) is 11.0 Å². The molecule has 0 spiro atoms. The van der Waals surface area contributed by atoms with Crippen LogP contribution in [0.15, 0.2) is 12.1 Å². The third kappa shape index (κ3) is 3.59. The topological polar surface area (TPSA) is 75.6 Å². The molecule has 0 saturated heterocycles. The Morgan fingerprint density at radius 2 is 2.13 bits per heavy atom. The number of rotatable bonds is 3. The minimum Gasteiger partial charge on any atom is -0.477 e. The number of hydrogen-bond acceptors (Lipinski definition) is 4. The van der Waals surface area contributed by atoms with E-state index >= 15 is 0 Å². The molecule has 0 saturated carbocycles. The Balaban J connectivity index is 2.57. The largest absolute Gasteiger partial charge is 0.477 e. The van der Waals surface area contributed by atoms with Crippen molar-refractivity contribution in [2.75, 3.05) is 5.32 Å². The number of nitrogens with one attached hydrogen (secondary N) is 1. The highest BCUT2D eigenvalue weighted by molar-refractivity contribution is 7.18. The van der Waals surface area contributed by atoms with Gasteiger partial charge in [0.25, 0.3) is 0 Å². The van der Waals surface area contributed by atoms with Gasteiger partial charge in [0.1, 0.15) is 4.88 Å². The number of aromatic carboxylic acids is 1. The van der Waals surface area contributed by atoms with Crippen LogP contribution in [-0.2, 0) is 4.74 Å². The van der Waals surface area contributed by atoms with E-state index in [0.717, 1.165) is 11.3 Å². The van der Waals surface area contributed by atoms with Crippen LogP contribution in [-0.4, -0.2) is 23.3 Å². The lowest BCUT2D eigenvalue weighted by atomic mass is 10.5. The van der Waals surface area contributed by atoms with Crippen LogP contribution in [0.1, 0.15) is 23.5 Å². The van der Waals surface area contributed by atoms with Gasteiger partial charge in [-0.05, 0) is 26.0 Å². The quantitative estimate of drug-likeness (QED) is 0.834. The van der Waals surface area contributed by atoms with Crippen molar-refractivity contribution in [1.82, 2.24) is 0 Å². The van der Waals surface area contributed by atoms with Gasteiger partial charge in [-0.3, -0.25) is 5.32 Å². The number of carbonyl (C=O) groups is 2. The lowest BCUT2D eigenvalue weighted by Gasteiger charge is -2.07. The Bertz CT molecular complexity index is 372. The molecule has 1 rings (SSSR count). The van der Waals surface area contributed by atoms with E-state index in [1.54, 1.807) is 13.8 Å². The summed E-state index contributed by atoms with van der Waals surface area (Å²) in [6, 6.07) is 2.95. The third-order valence-electron chi connectivity index (χ3n) is 1.38. The van der Waals surface area contributed by atoms with Crippen LogP contribution in [0.4, 0.5) is 9.80 Å². The molecule has 0 aliphatic heterocycles. The van der Waals surface area contributed by atoms with Crippen LogP contribution >= 0.6 is 11.3 Å². The molecular formula is C9H11NO4S. The SMILES string of the molecule is CC(C)OC(=O)Nc1ccc(C(=O)O)s1. The Labute approximate surface area is 90.7 Å². The van der Waals surface area contributed by atoms with Crippen LogP contribution in [0.3, 0.4) is 0 Å². The van der Waals surface area contributed by atoms with E-state index in [1.807, 2.05) is 0 Å². The standard InChI is InChI=1S/C9H11NO4S/c1-5(2)14-9(13)10-7-4-3-6(15-7)8(11)12/h3-5H,1-2H3,(H,10,13)(H,11,12). The van der Waals surface area contributed by atoms with Gasteiger partial charge in [-0.15, -0.1) is 11.3 Å². The number of thiophene rings is 1. The fourth-order valence-electron chi connectivity index (χ4n) is 0.864. The van der Waals surface area contributed by atoms with Gasteiger partial charge in [0.2, 0.25) is 0 Å². The minimum atomic E-state index is -1.01. The highest BCUT2D eigenvalue weighted by Gasteiger charge is 2.10. The molecule has 2 N–H and O–H groups in total. The number of hydrogen-bond donors (Lipinski definition) is 2. The van der Waals surface area contributed by atoms with Gasteiger partial charge in [0, 0.05) is 0 Å². The van der Waals surface area contributed by atoms with Crippen molar-refractivity contribution in [3.8, 4) is 0 Å². The molecule has 6 heteroatoms. The molecule has 1 aromatic heterocycles. The van der Waals surface area contributed by atoms with Gasteiger partial charge < -0.3 is 9.84 Å². The molecule has 0 aliphatic carbocycles. The summed E-state index contributed by atoms with van der Waals surface area (Å²) in [7, 11) is 0. The van der Waals surface area contributed by atoms with Crippen LogP contribution in [0, 0.1) is 0 Å². The van der Waals surface area contributed by atoms with Crippen molar-refractivity contribution in [1.29, 1.82) is 0 Å². The number of carbonyl (C=O) groups excluding carboxylic acids is 1. The fourth-order valence-corrected chi connectivity index (χ4v) is 1.59. The van der Waals surface area contributed by atoms with E-state index in [9.17, 15) is 9.59 Å². The summed E-state index contributed by atoms with van der Waals surface area (Å²) >= 11 is 0.985. The van der Waals surface area contributed by atoms with Crippen molar-refractivity contribution < 1.29 is 19.4 Å². The molecule has 0 bridgehead atoms. The lowest BCUT2D eigenvalue weighted by Crippen LogP contribution is -2.17. The summed E-state index contributed by atoms with van der Waals surface area (Å²) < 4.78 is 4.83. The number of carboxylic acid groups (broad SMARTS) is 1.